The first-order valence-electron chi connectivity index (χ1n) is 5.02. The van der Waals surface area contributed by atoms with Crippen molar-refractivity contribution in [1.29, 1.82) is 0 Å². The normalized spacial score (nSPS) is 24.0. The molecule has 1 aliphatic heterocycles. The molecule has 0 bridgehead atoms. The first-order valence-corrected chi connectivity index (χ1v) is 10.00. The minimum Gasteiger partial charge on any atom is -0.414 e. The van der Waals surface area contributed by atoms with Gasteiger partial charge in [-0.05, 0) is 12.1 Å². The molecule has 0 atom stereocenters. The lowest BCUT2D eigenvalue weighted by atomic mass is 11.0. The Kier molecular flexibility index (Phi) is 4.97. The summed E-state index contributed by atoms with van der Waals surface area (Å²) in [5, 5.41) is 0. The molecular formula is C7H18O4Si3. The van der Waals surface area contributed by atoms with Gasteiger partial charge in [-0.15, -0.1) is 0 Å². The summed E-state index contributed by atoms with van der Waals surface area (Å²) in [6, 6.07) is 2.76. The highest BCUT2D eigenvalue weighted by Crippen LogP contribution is 2.24. The molecule has 1 aliphatic rings. The summed E-state index contributed by atoms with van der Waals surface area (Å²) in [6.45, 7) is 6.25. The van der Waals surface area contributed by atoms with Crippen LogP contribution in [0.15, 0.2) is 0 Å². The van der Waals surface area contributed by atoms with Crippen LogP contribution in [0.3, 0.4) is 0 Å². The van der Waals surface area contributed by atoms with Crippen LogP contribution in [0.1, 0.15) is 20.8 Å². The first-order chi connectivity index (χ1) is 6.69. The van der Waals surface area contributed by atoms with Crippen LogP contribution in [0.4, 0.5) is 0 Å². The predicted octanol–water partition coefficient (Wildman–Crippen LogP) is 1.67. The van der Waals surface area contributed by atoms with Gasteiger partial charge in [0.15, 0.2) is 0 Å². The lowest BCUT2D eigenvalue weighted by Gasteiger charge is -2.38. The fourth-order valence-electron chi connectivity index (χ4n) is 1.20. The van der Waals surface area contributed by atoms with E-state index in [0.717, 1.165) is 18.1 Å². The van der Waals surface area contributed by atoms with Gasteiger partial charge in [-0.1, -0.05) is 20.8 Å². The van der Waals surface area contributed by atoms with Crippen molar-refractivity contribution in [2.45, 2.75) is 38.9 Å². The van der Waals surface area contributed by atoms with Crippen LogP contribution in [0, 0.1) is 0 Å². The Hall–Kier alpha value is 0.491. The molecule has 7 heteroatoms. The van der Waals surface area contributed by atoms with E-state index >= 15 is 0 Å². The van der Waals surface area contributed by atoms with Crippen molar-refractivity contribution in [2.75, 3.05) is 7.11 Å². The molecule has 0 aliphatic carbocycles. The van der Waals surface area contributed by atoms with Gasteiger partial charge in [0, 0.05) is 13.2 Å². The maximum absolute atomic E-state index is 5.85. The molecule has 1 rings (SSSR count). The van der Waals surface area contributed by atoms with Crippen molar-refractivity contribution in [2.24, 2.45) is 0 Å². The zero-order chi connectivity index (χ0) is 10.6. The van der Waals surface area contributed by atoms with E-state index in [1.54, 1.807) is 7.11 Å². The molecule has 0 amide bonds. The fraction of sp³-hybridized carbons (Fsp3) is 1.00. The molecule has 1 saturated heterocycles. The summed E-state index contributed by atoms with van der Waals surface area (Å²) in [4.78, 5) is 0. The highest BCUT2D eigenvalue weighted by Gasteiger charge is 2.49. The van der Waals surface area contributed by atoms with Crippen LogP contribution < -0.4 is 0 Å². The van der Waals surface area contributed by atoms with E-state index in [9.17, 15) is 0 Å². The topological polar surface area (TPSA) is 36.9 Å². The minimum absolute atomic E-state index is 0.842. The Bertz CT molecular complexity index is 162. The van der Waals surface area contributed by atoms with Gasteiger partial charge in [-0.25, -0.2) is 0 Å². The van der Waals surface area contributed by atoms with Crippen molar-refractivity contribution < 1.29 is 16.8 Å². The summed E-state index contributed by atoms with van der Waals surface area (Å²) >= 11 is 0. The van der Waals surface area contributed by atoms with Gasteiger partial charge in [-0.3, -0.25) is 0 Å². The summed E-state index contributed by atoms with van der Waals surface area (Å²) in [6.07, 6.45) is 0. The molecule has 0 saturated carbocycles. The highest BCUT2D eigenvalue weighted by molar-refractivity contribution is 6.80. The van der Waals surface area contributed by atoms with Crippen LogP contribution >= 0.6 is 0 Å². The number of rotatable bonds is 4. The zero-order valence-corrected chi connectivity index (χ0v) is 12.3. The van der Waals surface area contributed by atoms with Crippen LogP contribution in [0.2, 0.25) is 18.1 Å². The molecular weight excluding hydrogens is 232 g/mol. The number of hydrogen-bond acceptors (Lipinski definition) is 4. The maximum atomic E-state index is 5.85. The highest BCUT2D eigenvalue weighted by atomic mass is 28.5. The van der Waals surface area contributed by atoms with E-state index < -0.39 is 27.4 Å². The molecule has 82 valence electrons. The van der Waals surface area contributed by atoms with E-state index in [4.69, 9.17) is 16.8 Å². The van der Waals surface area contributed by atoms with Crippen molar-refractivity contribution >= 4 is 27.4 Å². The van der Waals surface area contributed by atoms with Gasteiger partial charge in [0.1, 0.15) is 0 Å². The average molecular weight is 250 g/mol. The monoisotopic (exact) mass is 250 g/mol. The van der Waals surface area contributed by atoms with Gasteiger partial charge in [0.2, 0.25) is 0 Å². The molecule has 0 N–H and O–H groups in total. The SMILES string of the molecule is CC[Si]1O[Si](CC)O[Si](CC)(OC)O1. The third-order valence-corrected chi connectivity index (χ3v) is 10.9. The third-order valence-electron chi connectivity index (χ3n) is 2.09. The molecule has 4 nitrogen and oxygen atoms in total. The average Bonchev–Trinajstić information content (AvgIpc) is 2.28. The van der Waals surface area contributed by atoms with E-state index in [-0.39, 0.29) is 0 Å². The van der Waals surface area contributed by atoms with Crippen molar-refractivity contribution in [3.8, 4) is 0 Å². The molecule has 0 aromatic carbocycles. The van der Waals surface area contributed by atoms with Crippen LogP contribution in [0.25, 0.3) is 0 Å². The Labute approximate surface area is 90.6 Å². The van der Waals surface area contributed by atoms with Gasteiger partial charge < -0.3 is 16.8 Å². The smallest absolute Gasteiger partial charge is 0.414 e. The third kappa shape index (κ3) is 2.75. The number of hydrogen-bond donors (Lipinski definition) is 0. The molecule has 1 fully saturated rings. The molecule has 0 aromatic rings. The molecule has 14 heavy (non-hydrogen) atoms. The Morgan fingerprint density at radius 3 is 1.86 bits per heavy atom. The Morgan fingerprint density at radius 2 is 1.57 bits per heavy atom. The van der Waals surface area contributed by atoms with Crippen molar-refractivity contribution in [3.63, 3.8) is 0 Å². The Morgan fingerprint density at radius 1 is 1.07 bits per heavy atom. The fourth-order valence-corrected chi connectivity index (χ4v) is 11.0. The second-order valence-electron chi connectivity index (χ2n) is 3.00. The van der Waals surface area contributed by atoms with Gasteiger partial charge in [0.05, 0.1) is 0 Å². The van der Waals surface area contributed by atoms with E-state index in [1.807, 2.05) is 0 Å². The minimum atomic E-state index is -2.33. The van der Waals surface area contributed by atoms with Gasteiger partial charge in [0.25, 0.3) is 0 Å². The molecule has 0 aromatic heterocycles. The quantitative estimate of drug-likeness (QED) is 0.711. The second kappa shape index (κ2) is 5.54. The lowest BCUT2D eigenvalue weighted by Crippen LogP contribution is -2.58. The van der Waals surface area contributed by atoms with Crippen molar-refractivity contribution in [3.05, 3.63) is 0 Å². The zero-order valence-electron chi connectivity index (χ0n) is 9.25. The van der Waals surface area contributed by atoms with Crippen LogP contribution in [0.5, 0.6) is 0 Å². The lowest BCUT2D eigenvalue weighted by molar-refractivity contribution is 0.151. The largest absolute Gasteiger partial charge is 0.482 e. The molecule has 1 heterocycles. The van der Waals surface area contributed by atoms with Gasteiger partial charge >= 0.3 is 27.4 Å². The van der Waals surface area contributed by atoms with Crippen molar-refractivity contribution in [1.82, 2.24) is 0 Å². The predicted molar refractivity (Wildman–Crippen MR) is 59.0 cm³/mol. The summed E-state index contributed by atoms with van der Waals surface area (Å²) in [5.41, 5.74) is 0. The van der Waals surface area contributed by atoms with Gasteiger partial charge in [-0.2, -0.15) is 0 Å². The van der Waals surface area contributed by atoms with E-state index in [1.165, 1.54) is 0 Å². The second-order valence-corrected chi connectivity index (χ2v) is 10.8. The van der Waals surface area contributed by atoms with E-state index in [2.05, 4.69) is 20.8 Å². The summed E-state index contributed by atoms with van der Waals surface area (Å²) in [5.74, 6) is 0. The summed E-state index contributed by atoms with van der Waals surface area (Å²) < 4.78 is 22.9. The first kappa shape index (κ1) is 12.6. The maximum Gasteiger partial charge on any atom is 0.482 e. The molecule has 0 unspecified atom stereocenters. The Balaban J connectivity index is 2.67. The van der Waals surface area contributed by atoms with Crippen LogP contribution in [-0.2, 0) is 16.8 Å². The molecule has 2 radical (unpaired) electrons. The van der Waals surface area contributed by atoms with E-state index in [0.29, 0.717) is 0 Å². The summed E-state index contributed by atoms with van der Waals surface area (Å²) in [7, 11) is -2.89. The standard InChI is InChI=1S/C7H18O4Si3/c1-5-12-9-13(6-2)11-14(7-3,8-4)10-12/h5-7H2,1-4H3. The van der Waals surface area contributed by atoms with Crippen LogP contribution in [-0.4, -0.2) is 34.5 Å². The molecule has 0 spiro atoms.